The Balaban J connectivity index is 1.77. The van der Waals surface area contributed by atoms with Crippen LogP contribution in [-0.4, -0.2) is 38.9 Å². The third-order valence-electron chi connectivity index (χ3n) is 5.09. The van der Waals surface area contributed by atoms with Crippen molar-refractivity contribution >= 4 is 33.7 Å². The second-order valence-electron chi connectivity index (χ2n) is 7.22. The maximum Gasteiger partial charge on any atom is 0.341 e. The molecule has 0 aliphatic heterocycles. The number of carbonyl (C=O) groups excluding carboxylic acids is 1. The zero-order chi connectivity index (χ0) is 21.4. The van der Waals surface area contributed by atoms with Crippen molar-refractivity contribution in [3.63, 3.8) is 0 Å². The minimum absolute atomic E-state index is 0.166. The molecule has 0 saturated carbocycles. The quantitative estimate of drug-likeness (QED) is 0.511. The number of nitrogens with one attached hydrogen (secondary N) is 1. The van der Waals surface area contributed by atoms with Crippen molar-refractivity contribution in [2.45, 2.75) is 13.5 Å². The average molecular weight is 401 g/mol. The summed E-state index contributed by atoms with van der Waals surface area (Å²) in [5.41, 5.74) is 2.16. The number of aryl methyl sites for hydroxylation is 1. The summed E-state index contributed by atoms with van der Waals surface area (Å²) in [6.45, 7) is 2.21. The molecule has 2 heterocycles. The first-order valence-electron chi connectivity index (χ1n) is 9.34. The van der Waals surface area contributed by atoms with Gasteiger partial charge in [-0.25, -0.2) is 4.79 Å². The number of hydrogen-bond donors (Lipinski definition) is 2. The number of carboxylic acid groups (broad SMARTS) is 1. The number of H-pyrrole nitrogens is 1. The first-order valence-corrected chi connectivity index (χ1v) is 9.34. The van der Waals surface area contributed by atoms with Gasteiger partial charge in [-0.1, -0.05) is 30.3 Å². The topological polar surface area (TPSA) is 103 Å². The molecule has 2 aromatic carbocycles. The number of fused-ring (bicyclic) bond motifs is 3. The van der Waals surface area contributed by atoms with E-state index in [0.717, 1.165) is 5.56 Å². The number of hydrogen-bond acceptors (Lipinski definition) is 4. The van der Waals surface area contributed by atoms with Gasteiger partial charge in [0.1, 0.15) is 5.56 Å². The highest BCUT2D eigenvalue weighted by Crippen LogP contribution is 2.25. The number of pyridine rings is 2. The SMILES string of the molecule is Cc1cc2cc(C(=O)N(C)Cc3ccccc3)cnc2c2[nH]cc(C(=O)O)c(=O)c12. The van der Waals surface area contributed by atoms with Crippen LogP contribution in [0.2, 0.25) is 0 Å². The number of nitrogens with zero attached hydrogens (tertiary/aromatic N) is 2. The molecule has 7 heteroatoms. The molecule has 0 spiro atoms. The lowest BCUT2D eigenvalue weighted by atomic mass is 10.0. The zero-order valence-corrected chi connectivity index (χ0v) is 16.5. The molecule has 0 fully saturated rings. The first-order chi connectivity index (χ1) is 14.4. The second-order valence-corrected chi connectivity index (χ2v) is 7.22. The van der Waals surface area contributed by atoms with E-state index in [1.807, 2.05) is 30.3 Å². The van der Waals surface area contributed by atoms with E-state index >= 15 is 0 Å². The molecule has 0 radical (unpaired) electrons. The molecule has 0 unspecified atom stereocenters. The van der Waals surface area contributed by atoms with E-state index in [9.17, 15) is 19.5 Å². The van der Waals surface area contributed by atoms with Gasteiger partial charge in [-0.05, 0) is 30.2 Å². The van der Waals surface area contributed by atoms with Crippen LogP contribution < -0.4 is 5.43 Å². The number of benzene rings is 2. The van der Waals surface area contributed by atoms with Gasteiger partial charge >= 0.3 is 5.97 Å². The third-order valence-corrected chi connectivity index (χ3v) is 5.09. The van der Waals surface area contributed by atoms with Crippen molar-refractivity contribution in [1.29, 1.82) is 0 Å². The van der Waals surface area contributed by atoms with E-state index in [4.69, 9.17) is 0 Å². The molecule has 0 atom stereocenters. The van der Waals surface area contributed by atoms with Gasteiger partial charge in [0.25, 0.3) is 5.91 Å². The molecule has 0 aliphatic rings. The van der Waals surface area contributed by atoms with Crippen LogP contribution in [0.25, 0.3) is 21.8 Å². The molecular formula is C23H19N3O4. The van der Waals surface area contributed by atoms with Crippen LogP contribution in [0.1, 0.15) is 31.8 Å². The van der Waals surface area contributed by atoms with Gasteiger partial charge in [0.2, 0.25) is 5.43 Å². The molecular weight excluding hydrogens is 382 g/mol. The summed E-state index contributed by atoms with van der Waals surface area (Å²) in [4.78, 5) is 45.7. The number of aromatic carboxylic acids is 1. The van der Waals surface area contributed by atoms with Crippen LogP contribution in [0.15, 0.2) is 59.7 Å². The number of amides is 1. The minimum Gasteiger partial charge on any atom is -0.477 e. The summed E-state index contributed by atoms with van der Waals surface area (Å²) in [5.74, 6) is -1.45. The lowest BCUT2D eigenvalue weighted by Crippen LogP contribution is -2.26. The molecule has 2 N–H and O–H groups in total. The molecule has 0 saturated heterocycles. The van der Waals surface area contributed by atoms with E-state index in [2.05, 4.69) is 9.97 Å². The second kappa shape index (κ2) is 7.44. The monoisotopic (exact) mass is 401 g/mol. The normalized spacial score (nSPS) is 11.0. The Bertz CT molecular complexity index is 1360. The summed E-state index contributed by atoms with van der Waals surface area (Å²) >= 11 is 0. The van der Waals surface area contributed by atoms with Gasteiger partial charge in [0.05, 0.1) is 22.0 Å². The highest BCUT2D eigenvalue weighted by Gasteiger charge is 2.18. The number of carbonyl (C=O) groups is 2. The lowest BCUT2D eigenvalue weighted by molar-refractivity contribution is 0.0694. The highest BCUT2D eigenvalue weighted by molar-refractivity contribution is 6.07. The number of aromatic nitrogens is 2. The molecule has 4 rings (SSSR count). The van der Waals surface area contributed by atoms with Crippen molar-refractivity contribution in [1.82, 2.24) is 14.9 Å². The van der Waals surface area contributed by atoms with Crippen LogP contribution in [0.5, 0.6) is 0 Å². The van der Waals surface area contributed by atoms with Crippen molar-refractivity contribution in [3.05, 3.63) is 87.3 Å². The molecule has 150 valence electrons. The van der Waals surface area contributed by atoms with Gasteiger partial charge in [-0.2, -0.15) is 0 Å². The highest BCUT2D eigenvalue weighted by atomic mass is 16.4. The molecule has 1 amide bonds. The van der Waals surface area contributed by atoms with Crippen LogP contribution in [0.4, 0.5) is 0 Å². The number of rotatable bonds is 4. The number of carboxylic acids is 1. The van der Waals surface area contributed by atoms with E-state index in [-0.39, 0.29) is 16.9 Å². The fourth-order valence-corrected chi connectivity index (χ4v) is 3.62. The van der Waals surface area contributed by atoms with Crippen LogP contribution in [0.3, 0.4) is 0 Å². The van der Waals surface area contributed by atoms with Crippen LogP contribution in [0, 0.1) is 6.92 Å². The zero-order valence-electron chi connectivity index (χ0n) is 16.5. The lowest BCUT2D eigenvalue weighted by Gasteiger charge is -2.17. The van der Waals surface area contributed by atoms with E-state index < -0.39 is 11.4 Å². The fraction of sp³-hybridized carbons (Fsp3) is 0.130. The van der Waals surface area contributed by atoms with Crippen molar-refractivity contribution in [3.8, 4) is 0 Å². The maximum absolute atomic E-state index is 12.9. The van der Waals surface area contributed by atoms with Crippen molar-refractivity contribution in [2.75, 3.05) is 7.05 Å². The van der Waals surface area contributed by atoms with E-state index in [1.165, 1.54) is 12.4 Å². The van der Waals surface area contributed by atoms with E-state index in [0.29, 0.717) is 34.1 Å². The number of aromatic amines is 1. The van der Waals surface area contributed by atoms with Gasteiger partial charge in [-0.3, -0.25) is 14.6 Å². The maximum atomic E-state index is 12.9. The minimum atomic E-state index is -1.28. The fourth-order valence-electron chi connectivity index (χ4n) is 3.62. The Morgan fingerprint density at radius 3 is 2.60 bits per heavy atom. The van der Waals surface area contributed by atoms with Crippen molar-refractivity contribution in [2.24, 2.45) is 0 Å². The van der Waals surface area contributed by atoms with Gasteiger partial charge < -0.3 is 15.0 Å². The molecule has 0 bridgehead atoms. The predicted molar refractivity (Wildman–Crippen MR) is 114 cm³/mol. The predicted octanol–water partition coefficient (Wildman–Crippen LogP) is 3.36. The molecule has 0 aliphatic carbocycles. The largest absolute Gasteiger partial charge is 0.477 e. The Labute approximate surface area is 171 Å². The summed E-state index contributed by atoms with van der Waals surface area (Å²) < 4.78 is 0. The first kappa shape index (κ1) is 19.3. The standard InChI is InChI=1S/C23H19N3O4/c1-13-8-15-9-16(22(28)26(2)12-14-6-4-3-5-7-14)10-24-19(15)20-18(13)21(27)17(11-25-20)23(29)30/h3-11H,12H2,1-2H3,(H,25,27)(H,29,30). The van der Waals surface area contributed by atoms with Gasteiger partial charge in [0, 0.05) is 31.4 Å². The molecule has 30 heavy (non-hydrogen) atoms. The molecule has 4 aromatic rings. The Kier molecular flexibility index (Phi) is 4.79. The summed E-state index contributed by atoms with van der Waals surface area (Å²) in [7, 11) is 1.73. The van der Waals surface area contributed by atoms with Crippen LogP contribution >= 0.6 is 0 Å². The third kappa shape index (κ3) is 3.30. The van der Waals surface area contributed by atoms with E-state index in [1.54, 1.807) is 31.0 Å². The Morgan fingerprint density at radius 2 is 1.90 bits per heavy atom. The van der Waals surface area contributed by atoms with Gasteiger partial charge in [-0.15, -0.1) is 0 Å². The Hall–Kier alpha value is -4.00. The molecule has 7 nitrogen and oxygen atoms in total. The summed E-state index contributed by atoms with van der Waals surface area (Å²) in [6.07, 6.45) is 2.66. The molecule has 2 aromatic heterocycles. The summed E-state index contributed by atoms with van der Waals surface area (Å²) in [6, 6.07) is 13.2. The van der Waals surface area contributed by atoms with Crippen LogP contribution in [-0.2, 0) is 6.54 Å². The van der Waals surface area contributed by atoms with Gasteiger partial charge in [0.15, 0.2) is 0 Å². The average Bonchev–Trinajstić information content (AvgIpc) is 2.73. The Morgan fingerprint density at radius 1 is 1.17 bits per heavy atom. The van der Waals surface area contributed by atoms with Crippen molar-refractivity contribution < 1.29 is 14.7 Å². The summed E-state index contributed by atoms with van der Waals surface area (Å²) in [5, 5.41) is 10.2. The smallest absolute Gasteiger partial charge is 0.341 e.